The van der Waals surface area contributed by atoms with E-state index in [1.807, 2.05) is 30.1 Å². The molecule has 0 spiro atoms. The summed E-state index contributed by atoms with van der Waals surface area (Å²) in [6.07, 6.45) is 8.86. The van der Waals surface area contributed by atoms with Crippen molar-refractivity contribution in [1.82, 2.24) is 9.88 Å². The predicted octanol–water partition coefficient (Wildman–Crippen LogP) is 1.55. The predicted molar refractivity (Wildman–Crippen MR) is 69.4 cm³/mol. The van der Waals surface area contributed by atoms with Gasteiger partial charge in [0.25, 0.3) is 0 Å². The van der Waals surface area contributed by atoms with Gasteiger partial charge in [0.05, 0.1) is 0 Å². The highest BCUT2D eigenvalue weighted by molar-refractivity contribution is 5.75. The van der Waals surface area contributed by atoms with Crippen LogP contribution in [-0.4, -0.2) is 17.0 Å². The monoisotopic (exact) mass is 237 g/mol. The zero-order valence-corrected chi connectivity index (χ0v) is 10.6. The van der Waals surface area contributed by atoms with E-state index in [9.17, 15) is 4.79 Å². The summed E-state index contributed by atoms with van der Waals surface area (Å²) in [5.41, 5.74) is 6.55. The first-order chi connectivity index (χ1) is 8.22. The summed E-state index contributed by atoms with van der Waals surface area (Å²) >= 11 is 0. The fraction of sp³-hybridized carbons (Fsp3) is 0.615. The first-order valence-corrected chi connectivity index (χ1v) is 6.30. The number of carbonyl (C=O) groups is 1. The number of nitrogens with two attached hydrogens (primary N) is 1. The van der Waals surface area contributed by atoms with Crippen LogP contribution < -0.4 is 11.1 Å². The summed E-state index contributed by atoms with van der Waals surface area (Å²) in [5.74, 6) is 0.140. The van der Waals surface area contributed by atoms with Crippen molar-refractivity contribution in [3.63, 3.8) is 0 Å². The molecule has 0 saturated heterocycles. The van der Waals surface area contributed by atoms with Crippen LogP contribution >= 0.6 is 0 Å². The van der Waals surface area contributed by atoms with Gasteiger partial charge in [-0.25, -0.2) is 0 Å². The largest absolute Gasteiger partial charge is 0.357 e. The summed E-state index contributed by atoms with van der Waals surface area (Å²) in [7, 11) is 1.97. The Kier molecular flexibility index (Phi) is 6.40. The molecule has 1 heterocycles. The number of nitrogens with one attached hydrogen (secondary N) is 1. The average Bonchev–Trinajstić information content (AvgIpc) is 2.72. The van der Waals surface area contributed by atoms with Crippen molar-refractivity contribution in [2.24, 2.45) is 12.8 Å². The number of hydrogen-bond donors (Lipinski definition) is 2. The van der Waals surface area contributed by atoms with Crippen molar-refractivity contribution >= 4 is 5.91 Å². The maximum Gasteiger partial charge on any atom is 0.220 e. The number of rotatable bonds is 8. The van der Waals surface area contributed by atoms with Crippen LogP contribution in [0.3, 0.4) is 0 Å². The van der Waals surface area contributed by atoms with E-state index in [0.717, 1.165) is 37.8 Å². The summed E-state index contributed by atoms with van der Waals surface area (Å²) in [5, 5.41) is 2.93. The Balaban J connectivity index is 2.05. The molecule has 0 saturated carbocycles. The molecule has 0 unspecified atom stereocenters. The van der Waals surface area contributed by atoms with Gasteiger partial charge in [0.2, 0.25) is 5.91 Å². The molecule has 0 aromatic carbocycles. The van der Waals surface area contributed by atoms with Gasteiger partial charge in [0.15, 0.2) is 0 Å². The molecule has 1 amide bonds. The van der Waals surface area contributed by atoms with Crippen LogP contribution in [0.15, 0.2) is 18.5 Å². The Hall–Kier alpha value is -1.29. The molecule has 0 fully saturated rings. The molecule has 1 aromatic heterocycles. The number of aromatic nitrogens is 1. The van der Waals surface area contributed by atoms with E-state index in [4.69, 9.17) is 5.73 Å². The van der Waals surface area contributed by atoms with Crippen LogP contribution in [0.25, 0.3) is 0 Å². The molecule has 0 atom stereocenters. The third kappa shape index (κ3) is 6.12. The summed E-state index contributed by atoms with van der Waals surface area (Å²) in [6, 6.07) is 2.02. The Morgan fingerprint density at radius 1 is 1.35 bits per heavy atom. The molecule has 4 nitrogen and oxygen atoms in total. The van der Waals surface area contributed by atoms with Crippen molar-refractivity contribution in [1.29, 1.82) is 0 Å². The highest BCUT2D eigenvalue weighted by Crippen LogP contribution is 2.03. The summed E-state index contributed by atoms with van der Waals surface area (Å²) in [4.78, 5) is 11.5. The lowest BCUT2D eigenvalue weighted by Gasteiger charge is -2.03. The van der Waals surface area contributed by atoms with Crippen molar-refractivity contribution < 1.29 is 4.79 Å². The van der Waals surface area contributed by atoms with Crippen LogP contribution in [0.4, 0.5) is 0 Å². The van der Waals surface area contributed by atoms with Gasteiger partial charge in [-0.05, 0) is 31.0 Å². The van der Waals surface area contributed by atoms with Crippen LogP contribution in [0.2, 0.25) is 0 Å². The summed E-state index contributed by atoms with van der Waals surface area (Å²) < 4.78 is 1.98. The Bertz CT molecular complexity index is 333. The molecule has 0 aliphatic heterocycles. The smallest absolute Gasteiger partial charge is 0.220 e. The van der Waals surface area contributed by atoms with Crippen molar-refractivity contribution in [3.05, 3.63) is 24.0 Å². The van der Waals surface area contributed by atoms with Crippen molar-refractivity contribution in [2.75, 3.05) is 6.54 Å². The third-order valence-corrected chi connectivity index (χ3v) is 2.74. The SMILES string of the molecule is Cn1ccc(CNC(=O)CCCCCCN)c1. The molecule has 17 heavy (non-hydrogen) atoms. The molecular weight excluding hydrogens is 214 g/mol. The second-order valence-electron chi connectivity index (χ2n) is 4.41. The molecule has 0 radical (unpaired) electrons. The molecule has 1 rings (SSSR count). The van der Waals surface area contributed by atoms with Gasteiger partial charge in [-0.15, -0.1) is 0 Å². The lowest BCUT2D eigenvalue weighted by atomic mass is 10.1. The van der Waals surface area contributed by atoms with E-state index in [2.05, 4.69) is 5.32 Å². The fourth-order valence-corrected chi connectivity index (χ4v) is 1.74. The van der Waals surface area contributed by atoms with E-state index >= 15 is 0 Å². The minimum absolute atomic E-state index is 0.140. The number of hydrogen-bond acceptors (Lipinski definition) is 2. The lowest BCUT2D eigenvalue weighted by Crippen LogP contribution is -2.22. The molecule has 0 aliphatic carbocycles. The van der Waals surface area contributed by atoms with Gasteiger partial charge in [-0.3, -0.25) is 4.79 Å². The Morgan fingerprint density at radius 3 is 2.76 bits per heavy atom. The van der Waals surface area contributed by atoms with Gasteiger partial charge in [-0.1, -0.05) is 12.8 Å². The highest BCUT2D eigenvalue weighted by atomic mass is 16.1. The van der Waals surface area contributed by atoms with Gasteiger partial charge in [-0.2, -0.15) is 0 Å². The van der Waals surface area contributed by atoms with E-state index in [1.165, 1.54) is 0 Å². The average molecular weight is 237 g/mol. The molecule has 0 bridgehead atoms. The van der Waals surface area contributed by atoms with E-state index in [1.54, 1.807) is 0 Å². The minimum atomic E-state index is 0.140. The van der Waals surface area contributed by atoms with Crippen LogP contribution in [0.1, 0.15) is 37.7 Å². The zero-order valence-electron chi connectivity index (χ0n) is 10.6. The first kappa shape index (κ1) is 13.8. The van der Waals surface area contributed by atoms with Crippen LogP contribution in [-0.2, 0) is 18.4 Å². The Morgan fingerprint density at radius 2 is 2.12 bits per heavy atom. The quantitative estimate of drug-likeness (QED) is 0.674. The topological polar surface area (TPSA) is 60.0 Å². The lowest BCUT2D eigenvalue weighted by molar-refractivity contribution is -0.121. The van der Waals surface area contributed by atoms with Crippen LogP contribution in [0, 0.1) is 0 Å². The third-order valence-electron chi connectivity index (χ3n) is 2.74. The van der Waals surface area contributed by atoms with Gasteiger partial charge >= 0.3 is 0 Å². The van der Waals surface area contributed by atoms with Crippen LogP contribution in [0.5, 0.6) is 0 Å². The van der Waals surface area contributed by atoms with E-state index in [0.29, 0.717) is 13.0 Å². The number of carbonyl (C=O) groups excluding carboxylic acids is 1. The van der Waals surface area contributed by atoms with Crippen molar-refractivity contribution in [3.8, 4) is 0 Å². The molecule has 1 aromatic rings. The second kappa shape index (κ2) is 7.90. The summed E-state index contributed by atoms with van der Waals surface area (Å²) in [6.45, 7) is 1.38. The molecule has 4 heteroatoms. The molecule has 0 aliphatic rings. The fourth-order valence-electron chi connectivity index (χ4n) is 1.74. The van der Waals surface area contributed by atoms with Gasteiger partial charge < -0.3 is 15.6 Å². The number of amides is 1. The number of nitrogens with zero attached hydrogens (tertiary/aromatic N) is 1. The Labute approximate surface area is 103 Å². The van der Waals surface area contributed by atoms with Crippen molar-refractivity contribution in [2.45, 2.75) is 38.6 Å². The zero-order chi connectivity index (χ0) is 12.5. The van der Waals surface area contributed by atoms with Gasteiger partial charge in [0, 0.05) is 32.4 Å². The molecule has 96 valence electrons. The number of aryl methyl sites for hydroxylation is 1. The second-order valence-corrected chi connectivity index (χ2v) is 4.41. The first-order valence-electron chi connectivity index (χ1n) is 6.30. The maximum atomic E-state index is 11.5. The molecular formula is C13H23N3O. The van der Waals surface area contributed by atoms with Gasteiger partial charge in [0.1, 0.15) is 0 Å². The standard InChI is InChI=1S/C13H23N3O/c1-16-9-7-12(11-16)10-15-13(17)6-4-2-3-5-8-14/h7,9,11H,2-6,8,10,14H2,1H3,(H,15,17). The highest BCUT2D eigenvalue weighted by Gasteiger charge is 2.01. The number of unbranched alkanes of at least 4 members (excludes halogenated alkanes) is 3. The van der Waals surface area contributed by atoms with E-state index in [-0.39, 0.29) is 5.91 Å². The van der Waals surface area contributed by atoms with E-state index < -0.39 is 0 Å². The normalized spacial score (nSPS) is 10.5. The maximum absolute atomic E-state index is 11.5. The molecule has 3 N–H and O–H groups in total. The minimum Gasteiger partial charge on any atom is -0.357 e.